The molecule has 0 aliphatic heterocycles. The molecule has 0 radical (unpaired) electrons. The Morgan fingerprint density at radius 3 is 2.75 bits per heavy atom. The van der Waals surface area contributed by atoms with Crippen molar-refractivity contribution in [1.82, 2.24) is 14.7 Å². The average molecular weight is 293 g/mol. The lowest BCUT2D eigenvalue weighted by Crippen LogP contribution is -2.22. The predicted octanol–water partition coefficient (Wildman–Crippen LogP) is 1.73. The summed E-state index contributed by atoms with van der Waals surface area (Å²) in [5.74, 6) is -0.139. The highest BCUT2D eigenvalue weighted by Crippen LogP contribution is 2.22. The highest BCUT2D eigenvalue weighted by atomic mass is 35.5. The minimum atomic E-state index is -0.139. The Balaban J connectivity index is 2.30. The third kappa shape index (κ3) is 3.00. The maximum Gasteiger partial charge on any atom is 0.273 e. The zero-order valence-electron chi connectivity index (χ0n) is 11.5. The number of rotatable bonds is 4. The molecule has 106 valence electrons. The lowest BCUT2D eigenvalue weighted by atomic mass is 10.1. The van der Waals surface area contributed by atoms with Crippen molar-refractivity contribution >= 4 is 17.5 Å². The summed E-state index contributed by atoms with van der Waals surface area (Å²) in [5.41, 5.74) is 7.73. The number of carbonyl (C=O) groups excluding carboxylic acids is 1. The number of hydrogen-bond acceptors (Lipinski definition) is 3. The lowest BCUT2D eigenvalue weighted by Gasteiger charge is -2.08. The number of halogens is 1. The Hall–Kier alpha value is -1.85. The summed E-state index contributed by atoms with van der Waals surface area (Å²) in [6.07, 6.45) is 2.50. The third-order valence-electron chi connectivity index (χ3n) is 2.91. The molecule has 5 nitrogen and oxygen atoms in total. The summed E-state index contributed by atoms with van der Waals surface area (Å²) in [6, 6.07) is 7.39. The van der Waals surface area contributed by atoms with E-state index in [-0.39, 0.29) is 5.91 Å². The number of nitrogens with two attached hydrogens (primary N) is 1. The van der Waals surface area contributed by atoms with Gasteiger partial charge in [0, 0.05) is 20.3 Å². The molecule has 0 saturated heterocycles. The number of nitrogens with zero attached hydrogens (tertiary/aromatic N) is 3. The van der Waals surface area contributed by atoms with E-state index in [4.69, 9.17) is 17.3 Å². The van der Waals surface area contributed by atoms with Gasteiger partial charge < -0.3 is 10.6 Å². The topological polar surface area (TPSA) is 64.2 Å². The van der Waals surface area contributed by atoms with Crippen molar-refractivity contribution in [2.24, 2.45) is 5.73 Å². The van der Waals surface area contributed by atoms with Gasteiger partial charge in [-0.05, 0) is 36.7 Å². The lowest BCUT2D eigenvalue weighted by molar-refractivity contribution is 0.0821. The fourth-order valence-electron chi connectivity index (χ4n) is 1.86. The average Bonchev–Trinajstić information content (AvgIpc) is 2.87. The largest absolute Gasteiger partial charge is 0.343 e. The van der Waals surface area contributed by atoms with Gasteiger partial charge in [-0.3, -0.25) is 4.79 Å². The number of carbonyl (C=O) groups is 1. The first-order chi connectivity index (χ1) is 9.52. The summed E-state index contributed by atoms with van der Waals surface area (Å²) in [5, 5.41) is 4.84. The maximum absolute atomic E-state index is 11.8. The van der Waals surface area contributed by atoms with E-state index in [0.717, 1.165) is 17.7 Å². The van der Waals surface area contributed by atoms with Gasteiger partial charge in [0.25, 0.3) is 5.91 Å². The van der Waals surface area contributed by atoms with E-state index >= 15 is 0 Å². The fraction of sp³-hybridized carbons (Fsp3) is 0.286. The molecule has 0 aliphatic carbocycles. The number of hydrogen-bond donors (Lipinski definition) is 1. The Bertz CT molecular complexity index is 621. The Morgan fingerprint density at radius 2 is 2.15 bits per heavy atom. The molecular formula is C14H17ClN4O. The van der Waals surface area contributed by atoms with E-state index in [0.29, 0.717) is 17.3 Å². The molecule has 20 heavy (non-hydrogen) atoms. The molecular weight excluding hydrogens is 276 g/mol. The van der Waals surface area contributed by atoms with E-state index in [2.05, 4.69) is 5.10 Å². The molecule has 6 heteroatoms. The van der Waals surface area contributed by atoms with E-state index in [1.807, 2.05) is 18.2 Å². The highest BCUT2D eigenvalue weighted by molar-refractivity contribution is 6.32. The van der Waals surface area contributed by atoms with E-state index in [9.17, 15) is 4.79 Å². The SMILES string of the molecule is CN(C)C(=O)c1ccn(-c2ccc(CCN)cc2Cl)n1. The van der Waals surface area contributed by atoms with Crippen molar-refractivity contribution in [3.63, 3.8) is 0 Å². The van der Waals surface area contributed by atoms with Crippen LogP contribution in [0, 0.1) is 0 Å². The smallest absolute Gasteiger partial charge is 0.273 e. The van der Waals surface area contributed by atoms with Crippen molar-refractivity contribution in [1.29, 1.82) is 0 Å². The zero-order valence-corrected chi connectivity index (χ0v) is 12.3. The molecule has 0 aliphatic rings. The van der Waals surface area contributed by atoms with Crippen LogP contribution in [-0.4, -0.2) is 41.2 Å². The van der Waals surface area contributed by atoms with Gasteiger partial charge in [0.1, 0.15) is 0 Å². The monoisotopic (exact) mass is 292 g/mol. The first-order valence-electron chi connectivity index (χ1n) is 6.29. The van der Waals surface area contributed by atoms with Crippen LogP contribution in [0.25, 0.3) is 5.69 Å². The molecule has 2 aromatic rings. The summed E-state index contributed by atoms with van der Waals surface area (Å²) in [6.45, 7) is 0.582. The molecule has 2 N–H and O–H groups in total. The zero-order chi connectivity index (χ0) is 14.7. The van der Waals surface area contributed by atoms with Crippen LogP contribution in [0.1, 0.15) is 16.1 Å². The molecule has 1 aromatic carbocycles. The van der Waals surface area contributed by atoms with Crippen LogP contribution in [-0.2, 0) is 6.42 Å². The molecule has 0 fully saturated rings. The van der Waals surface area contributed by atoms with Crippen LogP contribution in [0.2, 0.25) is 5.02 Å². The van der Waals surface area contributed by atoms with E-state index in [1.54, 1.807) is 31.0 Å². The van der Waals surface area contributed by atoms with Gasteiger partial charge >= 0.3 is 0 Å². The van der Waals surface area contributed by atoms with Gasteiger partial charge in [-0.15, -0.1) is 0 Å². The normalized spacial score (nSPS) is 10.6. The van der Waals surface area contributed by atoms with E-state index in [1.165, 1.54) is 4.90 Å². The van der Waals surface area contributed by atoms with Crippen LogP contribution in [0.5, 0.6) is 0 Å². The molecule has 2 rings (SSSR count). The first kappa shape index (κ1) is 14.6. The van der Waals surface area contributed by atoms with Gasteiger partial charge in [0.05, 0.1) is 10.7 Å². The van der Waals surface area contributed by atoms with Crippen LogP contribution >= 0.6 is 11.6 Å². The molecule has 0 unspecified atom stereocenters. The fourth-order valence-corrected chi connectivity index (χ4v) is 2.15. The Labute approximate surface area is 122 Å². The molecule has 0 saturated carbocycles. The van der Waals surface area contributed by atoms with Gasteiger partial charge in [0.2, 0.25) is 0 Å². The highest BCUT2D eigenvalue weighted by Gasteiger charge is 2.13. The number of aromatic nitrogens is 2. The van der Waals surface area contributed by atoms with Gasteiger partial charge in [0.15, 0.2) is 5.69 Å². The summed E-state index contributed by atoms with van der Waals surface area (Å²) in [7, 11) is 3.38. The van der Waals surface area contributed by atoms with Crippen LogP contribution in [0.3, 0.4) is 0 Å². The quantitative estimate of drug-likeness (QED) is 0.933. The molecule has 0 bridgehead atoms. The molecule has 0 atom stereocenters. The minimum absolute atomic E-state index is 0.139. The second kappa shape index (κ2) is 6.07. The summed E-state index contributed by atoms with van der Waals surface area (Å²) >= 11 is 6.25. The van der Waals surface area contributed by atoms with Crippen LogP contribution in [0.4, 0.5) is 0 Å². The number of amides is 1. The van der Waals surface area contributed by atoms with Crippen molar-refractivity contribution in [3.8, 4) is 5.69 Å². The molecule has 1 aromatic heterocycles. The molecule has 1 heterocycles. The van der Waals surface area contributed by atoms with Crippen LogP contribution in [0.15, 0.2) is 30.5 Å². The summed E-state index contributed by atoms with van der Waals surface area (Å²) in [4.78, 5) is 13.3. The van der Waals surface area contributed by atoms with Gasteiger partial charge in [-0.2, -0.15) is 5.10 Å². The van der Waals surface area contributed by atoms with Crippen molar-refractivity contribution in [2.45, 2.75) is 6.42 Å². The van der Waals surface area contributed by atoms with Crippen molar-refractivity contribution in [2.75, 3.05) is 20.6 Å². The standard InChI is InChI=1S/C14H17ClN4O/c1-18(2)14(20)12-6-8-19(17-12)13-4-3-10(5-7-16)9-11(13)15/h3-4,6,8-9H,5,7,16H2,1-2H3. The van der Waals surface area contributed by atoms with Crippen LogP contribution < -0.4 is 5.73 Å². The minimum Gasteiger partial charge on any atom is -0.343 e. The second-order valence-electron chi connectivity index (χ2n) is 4.67. The molecule has 0 spiro atoms. The first-order valence-corrected chi connectivity index (χ1v) is 6.67. The second-order valence-corrected chi connectivity index (χ2v) is 5.08. The summed E-state index contributed by atoms with van der Waals surface area (Å²) < 4.78 is 1.60. The van der Waals surface area contributed by atoms with E-state index < -0.39 is 0 Å². The van der Waals surface area contributed by atoms with Crippen molar-refractivity contribution < 1.29 is 4.79 Å². The third-order valence-corrected chi connectivity index (χ3v) is 3.21. The molecule has 1 amide bonds. The number of benzene rings is 1. The van der Waals surface area contributed by atoms with Crippen molar-refractivity contribution in [3.05, 3.63) is 46.7 Å². The Morgan fingerprint density at radius 1 is 1.40 bits per heavy atom. The Kier molecular flexibility index (Phi) is 4.42. The van der Waals surface area contributed by atoms with Gasteiger partial charge in [-0.1, -0.05) is 17.7 Å². The maximum atomic E-state index is 11.8. The van der Waals surface area contributed by atoms with Gasteiger partial charge in [-0.25, -0.2) is 4.68 Å². The predicted molar refractivity (Wildman–Crippen MR) is 79.3 cm³/mol.